The van der Waals surface area contributed by atoms with Gasteiger partial charge in [-0.2, -0.15) is 0 Å². The molecule has 10 N–H and O–H groups in total. The van der Waals surface area contributed by atoms with E-state index in [2.05, 4.69) is 82.2 Å². The zero-order chi connectivity index (χ0) is 102. The van der Waals surface area contributed by atoms with Gasteiger partial charge in [-0.25, -0.2) is 39.2 Å². The van der Waals surface area contributed by atoms with Crippen molar-refractivity contribution in [1.29, 1.82) is 0 Å². The molecule has 0 amide bonds. The van der Waals surface area contributed by atoms with Crippen LogP contribution in [0.1, 0.15) is 182 Å². The third-order valence-electron chi connectivity index (χ3n) is 19.4. The van der Waals surface area contributed by atoms with Crippen molar-refractivity contribution in [2.45, 2.75) is 243 Å². The molecule has 12 unspecified atom stereocenters. The fourth-order valence-electron chi connectivity index (χ4n) is 11.3. The standard InChI is InChI=1S/C18H21FO4S.2C16H22FO3P.2C16H21FO3.C12H16BrFO2.C12H17FO3.2CH4.2H2/c1-14(24(21,22)18-5-3-2-4-6-18)7-10-16(20)13-23-17-11-8-15(19)9-12-17;2*1-13(4-2-3-11-20-21)5-8-15(18)12-19-16-9-6-14(17)7-10-16;2*1-13(4-2-3-11-18)5-8-15(19)12-20-16-9-6-14(17)7-10-16;1-9(13)2-5-11(15)8-16-12-6-3-10(14)4-7-12;1-9(14)2-5-11(15)8-16-12-6-3-10(13)4-7-12;;;;/h2-6,8-9,11-12,14,16,20H,7,10,13H2,1H3;2*6-7,9-10,13,15,18H,3,5,8,11-12,21H2,1H3;2*6-7,9-10,13,15,18-19H,3,5,8,11-12H2,1H3;3-4,6-7,9,11,15H,2,5,8H2,1H3;3-4,6-7,9,11,14-15H,2,5,8H2,1H3;2*1H4;2*1H/t;;;2*13?,15-;2*9?,11-;;;;/m...0000..../s1/i;;;;;;;;;2*1+2. The Hall–Kier alpha value is -9.08. The van der Waals surface area contributed by atoms with Gasteiger partial charge in [-0.05, 0) is 286 Å². The zero-order valence-corrected chi connectivity index (χ0v) is 84.4. The maximum Gasteiger partial charge on any atom is 0.180 e. The number of alkyl halides is 1. The molecule has 0 saturated carbocycles. The van der Waals surface area contributed by atoms with Crippen LogP contribution in [0.4, 0.5) is 30.7 Å². The van der Waals surface area contributed by atoms with Crippen LogP contribution in [0, 0.1) is 112 Å². The second-order valence-corrected chi connectivity index (χ2v) is 36.9. The molecule has 0 aliphatic carbocycles. The third kappa shape index (κ3) is 70.6. The van der Waals surface area contributed by atoms with E-state index in [0.29, 0.717) is 142 Å². The first-order chi connectivity index (χ1) is 66.0. The van der Waals surface area contributed by atoms with Gasteiger partial charge in [0, 0.05) is 76.0 Å². The van der Waals surface area contributed by atoms with Crippen molar-refractivity contribution >= 4 is 44.7 Å². The Bertz CT molecular complexity index is 4560. The highest BCUT2D eigenvalue weighted by molar-refractivity contribution is 9.09. The monoisotopic (exact) mass is 2090 g/mol. The minimum Gasteiger partial charge on any atom is -0.491 e. The van der Waals surface area contributed by atoms with Gasteiger partial charge < -0.3 is 93.3 Å². The van der Waals surface area contributed by atoms with Gasteiger partial charge in [0.05, 0.1) is 85.4 Å². The van der Waals surface area contributed by atoms with Crippen molar-refractivity contribution in [3.8, 4) is 87.6 Å². The van der Waals surface area contributed by atoms with Crippen LogP contribution >= 0.6 is 34.9 Å². The van der Waals surface area contributed by atoms with E-state index in [9.17, 15) is 74.9 Å². The average Bonchev–Trinajstić information content (AvgIpc) is 0.825. The average molecular weight is 2100 g/mol. The second kappa shape index (κ2) is 81.4. The molecule has 0 aromatic heterocycles. The predicted molar refractivity (Wildman–Crippen MR) is 553 cm³/mol. The van der Waals surface area contributed by atoms with Crippen molar-refractivity contribution in [3.63, 3.8) is 0 Å². The normalized spacial score (nSPS) is 13.4. The Kier molecular flexibility index (Phi) is 76.1. The van der Waals surface area contributed by atoms with E-state index in [1.807, 2.05) is 34.6 Å². The maximum absolute atomic E-state index is 12.8. The van der Waals surface area contributed by atoms with Gasteiger partial charge >= 0.3 is 0 Å². The topological polar surface area (TPSA) is 320 Å². The Morgan fingerprint density at radius 2 is 0.500 bits per heavy atom. The van der Waals surface area contributed by atoms with E-state index in [-0.39, 0.29) is 146 Å². The summed E-state index contributed by atoms with van der Waals surface area (Å²) in [7, 11) is 0.991. The zero-order valence-electron chi connectivity index (χ0n) is 79.7. The van der Waals surface area contributed by atoms with E-state index < -0.39 is 63.9 Å². The molecule has 140 heavy (non-hydrogen) atoms. The predicted octanol–water partition coefficient (Wildman–Crippen LogP) is 20.9. The van der Waals surface area contributed by atoms with E-state index in [4.69, 9.17) is 57.5 Å². The molecular weight excluding hydrogens is 1940 g/mol. The van der Waals surface area contributed by atoms with Gasteiger partial charge in [-0.1, -0.05) is 83.6 Å². The Balaban J connectivity index is -0.00000159. The Morgan fingerprint density at radius 1 is 0.300 bits per heavy atom. The third-order valence-corrected chi connectivity index (χ3v) is 22.6. The Morgan fingerprint density at radius 3 is 0.700 bits per heavy atom. The summed E-state index contributed by atoms with van der Waals surface area (Å²) in [5, 5.41) is 94.0. The number of hydrogen-bond acceptors (Lipinski definition) is 21. The van der Waals surface area contributed by atoms with Crippen LogP contribution in [-0.4, -0.2) is 191 Å². The van der Waals surface area contributed by atoms with Crippen LogP contribution < -0.4 is 33.2 Å². The van der Waals surface area contributed by atoms with E-state index in [1.54, 1.807) is 80.6 Å². The quantitative estimate of drug-likeness (QED) is 0.00557. The lowest BCUT2D eigenvalue weighted by molar-refractivity contribution is 0.0809. The van der Waals surface area contributed by atoms with Crippen LogP contribution in [0.15, 0.2) is 205 Å². The van der Waals surface area contributed by atoms with Gasteiger partial charge in [-0.15, -0.1) is 47.4 Å². The summed E-state index contributed by atoms with van der Waals surface area (Å²) in [6, 6.07) is 48.1. The molecule has 0 spiro atoms. The van der Waals surface area contributed by atoms with Crippen molar-refractivity contribution in [2.24, 2.45) is 23.7 Å². The highest BCUT2D eigenvalue weighted by atomic mass is 79.9. The minimum atomic E-state index is -3.40. The summed E-state index contributed by atoms with van der Waals surface area (Å²) in [5.41, 5.74) is 0. The first-order valence-electron chi connectivity index (χ1n) is 45.9. The molecular formula is C108H152BrF7O21P2S. The molecule has 0 aliphatic heterocycles. The lowest BCUT2D eigenvalue weighted by Crippen LogP contribution is -2.23. The van der Waals surface area contributed by atoms with Crippen LogP contribution in [0.25, 0.3) is 0 Å². The number of hydrogen-bond donors (Lipinski definition) is 10. The molecule has 0 saturated heterocycles. The van der Waals surface area contributed by atoms with E-state index in [0.717, 1.165) is 32.1 Å². The first kappa shape index (κ1) is 131. The Labute approximate surface area is 842 Å². The van der Waals surface area contributed by atoms with Gasteiger partial charge in [0.15, 0.2) is 9.84 Å². The molecule has 0 radical (unpaired) electrons. The highest BCUT2D eigenvalue weighted by Crippen LogP contribution is 2.24. The molecule has 0 heterocycles. The number of aliphatic hydroxyl groups is 10. The van der Waals surface area contributed by atoms with E-state index >= 15 is 0 Å². The molecule has 782 valence electrons. The summed E-state index contributed by atoms with van der Waals surface area (Å²) in [6.07, 6.45) is 6.69. The van der Waals surface area contributed by atoms with E-state index in [1.165, 1.54) is 133 Å². The van der Waals surface area contributed by atoms with Crippen molar-refractivity contribution in [1.82, 2.24) is 0 Å². The lowest BCUT2D eigenvalue weighted by Gasteiger charge is -2.16. The number of aliphatic hydroxyl groups excluding tert-OH is 10. The molecule has 21 nitrogen and oxygen atoms in total. The summed E-state index contributed by atoms with van der Waals surface area (Å²) in [4.78, 5) is 0.683. The van der Waals surface area contributed by atoms with Gasteiger partial charge in [0.2, 0.25) is 0 Å². The SMILES string of the molecule is C.C.CC(Br)CC[C@H](O)COc1ccc(F)cc1.CC(C#CCCO)CC[C@H](O)COc1ccc(F)cc1.CC(C#CCCO)CC[C@H](O)COc1ccc(F)cc1.CC(C#CCCOP)CCC(O)COc1ccc(F)cc1.CC(C#CCCOP)CCC(O)COc1ccc(F)cc1.CC(CCC(O)COc1ccc(F)cc1)S(=O)(=O)c1ccccc1.CC(O)CC[C@H](O)COc1ccc(F)cc1.[3HH].[3HH]. The summed E-state index contributed by atoms with van der Waals surface area (Å²) < 4.78 is 161. The number of ether oxygens (including phenoxy) is 7. The second-order valence-electron chi connectivity index (χ2n) is 32.3. The summed E-state index contributed by atoms with van der Waals surface area (Å²) in [6.45, 7) is 15.9. The number of benzene rings is 8. The molecule has 8 aromatic carbocycles. The summed E-state index contributed by atoms with van der Waals surface area (Å²) >= 11 is 3.41. The molecule has 8 aromatic rings. The number of sulfone groups is 1. The fourth-order valence-corrected chi connectivity index (χ4v) is 13.2. The minimum absolute atomic E-state index is 0. The first-order valence-corrected chi connectivity index (χ1v) is 49.3. The lowest BCUT2D eigenvalue weighted by atomic mass is 10.0. The van der Waals surface area contributed by atoms with Crippen LogP contribution in [0.5, 0.6) is 40.2 Å². The largest absolute Gasteiger partial charge is 0.491 e. The van der Waals surface area contributed by atoms with Crippen LogP contribution in [0.2, 0.25) is 0 Å². The number of halogens is 8. The van der Waals surface area contributed by atoms with Crippen LogP contribution in [-0.2, 0) is 18.9 Å². The molecule has 16 atom stereocenters. The molecule has 8 rings (SSSR count). The van der Waals surface area contributed by atoms with Gasteiger partial charge in [0.25, 0.3) is 0 Å². The molecule has 0 bridgehead atoms. The highest BCUT2D eigenvalue weighted by Gasteiger charge is 2.24. The van der Waals surface area contributed by atoms with Gasteiger partial charge in [-0.3, -0.25) is 0 Å². The van der Waals surface area contributed by atoms with Gasteiger partial charge in [0.1, 0.15) is 127 Å². The van der Waals surface area contributed by atoms with Crippen molar-refractivity contribution < 1.29 is 135 Å². The van der Waals surface area contributed by atoms with Crippen LogP contribution in [0.3, 0.4) is 0 Å². The van der Waals surface area contributed by atoms with Crippen molar-refractivity contribution in [2.75, 3.05) is 72.7 Å². The number of rotatable bonds is 50. The fraction of sp³-hybridized carbons (Fsp3) is 0.481. The van der Waals surface area contributed by atoms with Crippen molar-refractivity contribution in [3.05, 3.63) is 241 Å². The molecule has 0 aliphatic rings. The summed E-state index contributed by atoms with van der Waals surface area (Å²) in [5.74, 6) is 26.5. The molecule has 32 heteroatoms. The smallest absolute Gasteiger partial charge is 0.180 e. The molecule has 0 fully saturated rings. The maximum atomic E-state index is 12.8.